The van der Waals surface area contributed by atoms with Gasteiger partial charge in [-0.1, -0.05) is 38.5 Å². The maximum atomic E-state index is 13.2. The van der Waals surface area contributed by atoms with Crippen LogP contribution >= 0.6 is 0 Å². The Morgan fingerprint density at radius 2 is 1.67 bits per heavy atom. The van der Waals surface area contributed by atoms with Crippen LogP contribution in [0.1, 0.15) is 45.6 Å². The molecule has 2 rings (SSSR count). The van der Waals surface area contributed by atoms with E-state index in [1.165, 1.54) is 6.92 Å². The molecule has 1 aromatic heterocycles. The predicted molar refractivity (Wildman–Crippen MR) is 148 cm³/mol. The molecule has 11 N–H and O–H groups in total. The summed E-state index contributed by atoms with van der Waals surface area (Å²) in [6, 6.07) is 3.30. The van der Waals surface area contributed by atoms with Crippen LogP contribution in [-0.2, 0) is 25.6 Å². The number of carboxylic acid groups (broad SMARTS) is 1. The van der Waals surface area contributed by atoms with Crippen LogP contribution in [0, 0.1) is 5.92 Å². The van der Waals surface area contributed by atoms with Gasteiger partial charge in [0.15, 0.2) is 5.96 Å². The van der Waals surface area contributed by atoms with Gasteiger partial charge in [-0.25, -0.2) is 4.79 Å². The molecule has 0 aliphatic heterocycles. The number of amides is 3. The van der Waals surface area contributed by atoms with Crippen LogP contribution in [0.25, 0.3) is 10.9 Å². The van der Waals surface area contributed by atoms with Crippen LogP contribution < -0.4 is 33.2 Å². The fourth-order valence-electron chi connectivity index (χ4n) is 3.95. The number of carbonyl (C=O) groups is 4. The number of aromatic nitrogens is 1. The third-order valence-corrected chi connectivity index (χ3v) is 6.60. The minimum Gasteiger partial charge on any atom is -0.480 e. The lowest BCUT2D eigenvalue weighted by Gasteiger charge is -2.24. The second-order valence-electron chi connectivity index (χ2n) is 9.61. The number of nitrogens with zero attached hydrogens (tertiary/aromatic N) is 1. The highest BCUT2D eigenvalue weighted by atomic mass is 16.4. The van der Waals surface area contributed by atoms with Gasteiger partial charge in [0.1, 0.15) is 18.1 Å². The third-order valence-electron chi connectivity index (χ3n) is 6.60. The molecule has 0 saturated carbocycles. The van der Waals surface area contributed by atoms with Gasteiger partial charge in [0.05, 0.1) is 6.04 Å². The number of hydrogen-bond acceptors (Lipinski definition) is 6. The van der Waals surface area contributed by atoms with Gasteiger partial charge in [-0.15, -0.1) is 0 Å². The first-order valence-corrected chi connectivity index (χ1v) is 12.9. The average molecular weight is 545 g/mol. The molecule has 0 spiro atoms. The second kappa shape index (κ2) is 14.7. The lowest BCUT2D eigenvalue weighted by molar-refractivity contribution is -0.142. The van der Waals surface area contributed by atoms with Crippen LogP contribution in [0.2, 0.25) is 0 Å². The van der Waals surface area contributed by atoms with Gasteiger partial charge in [-0.05, 0) is 37.3 Å². The maximum absolute atomic E-state index is 13.2. The number of aromatic amines is 1. The van der Waals surface area contributed by atoms with Gasteiger partial charge >= 0.3 is 5.97 Å². The Morgan fingerprint density at radius 3 is 2.31 bits per heavy atom. The monoisotopic (exact) mass is 544 g/mol. The quantitative estimate of drug-likeness (QED) is 0.0840. The molecular formula is C26H40N8O5. The van der Waals surface area contributed by atoms with E-state index >= 15 is 0 Å². The zero-order valence-corrected chi connectivity index (χ0v) is 22.6. The Kier molecular flexibility index (Phi) is 11.7. The normalized spacial score (nSPS) is 14.9. The summed E-state index contributed by atoms with van der Waals surface area (Å²) in [6.45, 7) is 5.42. The molecule has 3 amide bonds. The molecular weight excluding hydrogens is 504 g/mol. The number of H-pyrrole nitrogens is 1. The molecule has 13 heteroatoms. The van der Waals surface area contributed by atoms with Gasteiger partial charge in [-0.2, -0.15) is 0 Å². The van der Waals surface area contributed by atoms with Crippen molar-refractivity contribution in [2.75, 3.05) is 6.54 Å². The van der Waals surface area contributed by atoms with E-state index in [-0.39, 0.29) is 31.3 Å². The first-order chi connectivity index (χ1) is 18.4. The number of para-hydroxylation sites is 1. The number of aliphatic imine (C=N–C) groups is 1. The van der Waals surface area contributed by atoms with Crippen molar-refractivity contribution in [3.05, 3.63) is 36.0 Å². The zero-order chi connectivity index (χ0) is 29.1. The Morgan fingerprint density at radius 1 is 1.00 bits per heavy atom. The number of carboxylic acids is 1. The third kappa shape index (κ3) is 9.28. The SMILES string of the molecule is CCC(C)C(N)C(=O)NC(C)C(=O)NC(CCCN=C(N)N)C(=O)NC(Cc1c[nH]c2ccccc12)C(=O)O. The minimum absolute atomic E-state index is 0.0275. The molecule has 5 unspecified atom stereocenters. The number of fused-ring (bicyclic) bond motifs is 1. The van der Waals surface area contributed by atoms with Gasteiger partial charge in [0, 0.05) is 30.1 Å². The summed E-state index contributed by atoms with van der Waals surface area (Å²) in [5, 5.41) is 18.4. The van der Waals surface area contributed by atoms with Crippen molar-refractivity contribution in [3.8, 4) is 0 Å². The van der Waals surface area contributed by atoms with E-state index < -0.39 is 47.9 Å². The second-order valence-corrected chi connectivity index (χ2v) is 9.61. The van der Waals surface area contributed by atoms with Gasteiger partial charge in [0.25, 0.3) is 0 Å². The standard InChI is InChI=1S/C26H40N8O5/c1-4-14(2)21(27)24(37)32-15(3)22(35)33-19(10-7-11-30-26(28)29)23(36)34-20(25(38)39)12-16-13-31-18-9-6-5-8-17(16)18/h5-6,8-9,13-15,19-21,31H,4,7,10-12,27H2,1-3H3,(H,32,37)(H,33,35)(H,34,36)(H,38,39)(H4,28,29,30). The molecule has 2 aromatic rings. The van der Waals surface area contributed by atoms with Crippen LogP contribution in [0.15, 0.2) is 35.5 Å². The number of carbonyl (C=O) groups excluding carboxylic acids is 3. The fraction of sp³-hybridized carbons (Fsp3) is 0.500. The highest BCUT2D eigenvalue weighted by molar-refractivity contribution is 5.94. The van der Waals surface area contributed by atoms with Crippen LogP contribution in [0.4, 0.5) is 0 Å². The highest BCUT2D eigenvalue weighted by Crippen LogP contribution is 2.19. The Bertz CT molecular complexity index is 1180. The van der Waals surface area contributed by atoms with Gasteiger partial charge in [0.2, 0.25) is 17.7 Å². The Labute approximate surface area is 227 Å². The number of benzene rings is 1. The van der Waals surface area contributed by atoms with E-state index in [1.807, 2.05) is 38.1 Å². The number of guanidine groups is 1. The molecule has 5 atom stereocenters. The molecule has 214 valence electrons. The minimum atomic E-state index is -1.25. The summed E-state index contributed by atoms with van der Waals surface area (Å²) in [7, 11) is 0. The van der Waals surface area contributed by atoms with E-state index in [4.69, 9.17) is 17.2 Å². The van der Waals surface area contributed by atoms with E-state index in [1.54, 1.807) is 6.20 Å². The number of hydrogen-bond donors (Lipinski definition) is 8. The van der Waals surface area contributed by atoms with Crippen molar-refractivity contribution in [2.24, 2.45) is 28.1 Å². The first-order valence-electron chi connectivity index (χ1n) is 12.9. The van der Waals surface area contributed by atoms with Crippen LogP contribution in [0.5, 0.6) is 0 Å². The molecule has 0 radical (unpaired) electrons. The largest absolute Gasteiger partial charge is 0.480 e. The summed E-state index contributed by atoms with van der Waals surface area (Å²) in [5.74, 6) is -3.21. The van der Waals surface area contributed by atoms with Gasteiger partial charge < -0.3 is 43.2 Å². The number of nitrogens with two attached hydrogens (primary N) is 3. The molecule has 0 bridgehead atoms. The summed E-state index contributed by atoms with van der Waals surface area (Å²) in [5.41, 5.74) is 18.2. The van der Waals surface area contributed by atoms with Crippen LogP contribution in [0.3, 0.4) is 0 Å². The topological polar surface area (TPSA) is 231 Å². The summed E-state index contributed by atoms with van der Waals surface area (Å²) < 4.78 is 0. The molecule has 0 saturated heterocycles. The lowest BCUT2D eigenvalue weighted by atomic mass is 9.99. The summed E-state index contributed by atoms with van der Waals surface area (Å²) in [4.78, 5) is 57.5. The molecule has 0 aliphatic carbocycles. The Balaban J connectivity index is 2.13. The molecule has 0 aliphatic rings. The van der Waals surface area contributed by atoms with Crippen molar-refractivity contribution in [3.63, 3.8) is 0 Å². The number of rotatable bonds is 15. The van der Waals surface area contributed by atoms with E-state index in [2.05, 4.69) is 25.9 Å². The Hall–Kier alpha value is -4.13. The van der Waals surface area contributed by atoms with Crippen molar-refractivity contribution in [2.45, 2.75) is 70.6 Å². The first kappa shape index (κ1) is 31.1. The zero-order valence-electron chi connectivity index (χ0n) is 22.6. The smallest absolute Gasteiger partial charge is 0.326 e. The lowest BCUT2D eigenvalue weighted by Crippen LogP contribution is -2.57. The summed E-state index contributed by atoms with van der Waals surface area (Å²) in [6.07, 6.45) is 2.88. The van der Waals surface area contributed by atoms with Crippen molar-refractivity contribution in [1.82, 2.24) is 20.9 Å². The maximum Gasteiger partial charge on any atom is 0.326 e. The van der Waals surface area contributed by atoms with Crippen LogP contribution in [-0.4, -0.2) is 70.5 Å². The van der Waals surface area contributed by atoms with E-state index in [0.717, 1.165) is 16.5 Å². The highest BCUT2D eigenvalue weighted by Gasteiger charge is 2.29. The average Bonchev–Trinajstić information content (AvgIpc) is 3.31. The molecule has 1 heterocycles. The molecule has 13 nitrogen and oxygen atoms in total. The number of aliphatic carboxylic acids is 1. The fourth-order valence-corrected chi connectivity index (χ4v) is 3.95. The number of nitrogens with one attached hydrogen (secondary N) is 4. The predicted octanol–water partition coefficient (Wildman–Crippen LogP) is -0.304. The molecule has 1 aromatic carbocycles. The van der Waals surface area contributed by atoms with E-state index in [0.29, 0.717) is 12.8 Å². The van der Waals surface area contributed by atoms with Crippen molar-refractivity contribution < 1.29 is 24.3 Å². The van der Waals surface area contributed by atoms with Crippen molar-refractivity contribution >= 4 is 40.6 Å². The molecule has 0 fully saturated rings. The molecule has 39 heavy (non-hydrogen) atoms. The summed E-state index contributed by atoms with van der Waals surface area (Å²) >= 11 is 0. The van der Waals surface area contributed by atoms with E-state index in [9.17, 15) is 24.3 Å². The van der Waals surface area contributed by atoms with Crippen molar-refractivity contribution in [1.29, 1.82) is 0 Å². The van der Waals surface area contributed by atoms with Gasteiger partial charge in [-0.3, -0.25) is 19.4 Å².